The molecular weight excluding hydrogens is 292 g/mol. The lowest BCUT2D eigenvalue weighted by Gasteiger charge is -2.14. The highest BCUT2D eigenvalue weighted by Gasteiger charge is 2.11. The van der Waals surface area contributed by atoms with E-state index in [1.807, 2.05) is 43.3 Å². The van der Waals surface area contributed by atoms with Crippen LogP contribution in [0.1, 0.15) is 36.2 Å². The van der Waals surface area contributed by atoms with Crippen molar-refractivity contribution in [2.75, 3.05) is 12.3 Å². The number of H-pyrrole nitrogens is 1. The van der Waals surface area contributed by atoms with Crippen LogP contribution in [0.15, 0.2) is 30.3 Å². The number of nitrogens with zero attached hydrogens (tertiary/aromatic N) is 2. The molecule has 120 valence electrons. The molecule has 0 fully saturated rings. The summed E-state index contributed by atoms with van der Waals surface area (Å²) in [4.78, 5) is 11.9. The highest BCUT2D eigenvalue weighted by Crippen LogP contribution is 2.13. The number of carbonyl (C=O) groups is 1. The van der Waals surface area contributed by atoms with Crippen molar-refractivity contribution >= 4 is 11.8 Å². The zero-order valence-corrected chi connectivity index (χ0v) is 13.0. The third-order valence-corrected chi connectivity index (χ3v) is 3.52. The monoisotopic (exact) mass is 312 g/mol. The fourth-order valence-electron chi connectivity index (χ4n) is 2.24. The summed E-state index contributed by atoms with van der Waals surface area (Å²) in [7, 11) is 0. The maximum absolute atomic E-state index is 11.9. The van der Waals surface area contributed by atoms with Crippen molar-refractivity contribution in [2.24, 2.45) is 0 Å². The van der Waals surface area contributed by atoms with Gasteiger partial charge in [0.05, 0.1) is 11.7 Å². The van der Waals surface area contributed by atoms with E-state index >= 15 is 0 Å². The van der Waals surface area contributed by atoms with Crippen molar-refractivity contribution in [3.63, 3.8) is 0 Å². The summed E-state index contributed by atoms with van der Waals surface area (Å²) in [5.41, 5.74) is 7.70. The average Bonchev–Trinajstić information content (AvgIpc) is 2.92. The molecule has 1 heterocycles. The first-order chi connectivity index (χ1) is 11.1. The van der Waals surface area contributed by atoms with E-state index in [1.165, 1.54) is 0 Å². The van der Waals surface area contributed by atoms with E-state index in [2.05, 4.69) is 20.8 Å². The third-order valence-electron chi connectivity index (χ3n) is 3.52. The van der Waals surface area contributed by atoms with Crippen LogP contribution < -0.4 is 16.4 Å². The van der Waals surface area contributed by atoms with Crippen LogP contribution in [-0.4, -0.2) is 22.8 Å². The summed E-state index contributed by atoms with van der Waals surface area (Å²) in [6.45, 7) is 2.43. The minimum absolute atomic E-state index is 0.0613. The largest absolute Gasteiger partial charge is 0.381 e. The number of amides is 2. The fourth-order valence-corrected chi connectivity index (χ4v) is 2.24. The molecule has 0 saturated carbocycles. The highest BCUT2D eigenvalue weighted by atomic mass is 16.2. The summed E-state index contributed by atoms with van der Waals surface area (Å²) >= 11 is 0. The van der Waals surface area contributed by atoms with Crippen molar-refractivity contribution in [3.8, 4) is 6.07 Å². The van der Waals surface area contributed by atoms with Gasteiger partial charge >= 0.3 is 6.03 Å². The van der Waals surface area contributed by atoms with E-state index in [0.29, 0.717) is 30.6 Å². The molecule has 1 aromatic heterocycles. The SMILES string of the molecule is C[C@H](NC(=O)NCCCc1[nH]nc(N)c1C#N)c1ccccc1. The maximum atomic E-state index is 11.9. The molecule has 0 aliphatic rings. The second-order valence-electron chi connectivity index (χ2n) is 5.21. The van der Waals surface area contributed by atoms with E-state index in [0.717, 1.165) is 5.56 Å². The molecule has 2 aromatic rings. The Hall–Kier alpha value is -3.01. The lowest BCUT2D eigenvalue weighted by molar-refractivity contribution is 0.238. The number of anilines is 1. The van der Waals surface area contributed by atoms with Crippen LogP contribution in [0, 0.1) is 11.3 Å². The summed E-state index contributed by atoms with van der Waals surface area (Å²) in [6, 6.07) is 11.5. The Balaban J connectivity index is 1.72. The molecule has 1 aromatic carbocycles. The number of hydrogen-bond donors (Lipinski definition) is 4. The lowest BCUT2D eigenvalue weighted by atomic mass is 10.1. The van der Waals surface area contributed by atoms with Gasteiger partial charge in [-0.05, 0) is 25.3 Å². The average molecular weight is 312 g/mol. The topological polar surface area (TPSA) is 120 Å². The highest BCUT2D eigenvalue weighted by molar-refractivity contribution is 5.74. The van der Waals surface area contributed by atoms with Gasteiger partial charge in [-0.1, -0.05) is 30.3 Å². The number of rotatable bonds is 6. The number of urea groups is 1. The number of aromatic nitrogens is 2. The molecule has 0 aliphatic heterocycles. The predicted octanol–water partition coefficient (Wildman–Crippen LogP) is 1.86. The number of nitrogens with two attached hydrogens (primary N) is 1. The smallest absolute Gasteiger partial charge is 0.315 e. The number of aromatic amines is 1. The Kier molecular flexibility index (Phi) is 5.58. The minimum Gasteiger partial charge on any atom is -0.381 e. The molecule has 0 radical (unpaired) electrons. The number of nitriles is 1. The van der Waals surface area contributed by atoms with Crippen molar-refractivity contribution in [3.05, 3.63) is 47.2 Å². The number of carbonyl (C=O) groups excluding carboxylic acids is 1. The number of hydrogen-bond acceptors (Lipinski definition) is 4. The Morgan fingerprint density at radius 2 is 2.17 bits per heavy atom. The van der Waals surface area contributed by atoms with Crippen LogP contribution in [0.25, 0.3) is 0 Å². The van der Waals surface area contributed by atoms with Crippen molar-refractivity contribution < 1.29 is 4.79 Å². The van der Waals surface area contributed by atoms with E-state index in [-0.39, 0.29) is 17.9 Å². The first kappa shape index (κ1) is 16.4. The van der Waals surface area contributed by atoms with Gasteiger partial charge in [-0.25, -0.2) is 4.79 Å². The molecule has 7 nitrogen and oxygen atoms in total. The fraction of sp³-hybridized carbons (Fsp3) is 0.312. The van der Waals surface area contributed by atoms with Gasteiger partial charge in [-0.3, -0.25) is 5.10 Å². The number of benzene rings is 1. The molecule has 7 heteroatoms. The van der Waals surface area contributed by atoms with E-state index < -0.39 is 0 Å². The first-order valence-corrected chi connectivity index (χ1v) is 7.44. The second-order valence-corrected chi connectivity index (χ2v) is 5.21. The van der Waals surface area contributed by atoms with Crippen LogP contribution in [0.2, 0.25) is 0 Å². The molecule has 0 bridgehead atoms. The van der Waals surface area contributed by atoms with Crippen LogP contribution in [0.3, 0.4) is 0 Å². The number of nitrogen functional groups attached to an aromatic ring is 1. The van der Waals surface area contributed by atoms with Gasteiger partial charge < -0.3 is 16.4 Å². The molecule has 23 heavy (non-hydrogen) atoms. The lowest BCUT2D eigenvalue weighted by Crippen LogP contribution is -2.37. The Morgan fingerprint density at radius 3 is 2.87 bits per heavy atom. The van der Waals surface area contributed by atoms with Crippen LogP contribution in [0.5, 0.6) is 0 Å². The summed E-state index contributed by atoms with van der Waals surface area (Å²) < 4.78 is 0. The molecule has 2 rings (SSSR count). The molecule has 5 N–H and O–H groups in total. The van der Waals surface area contributed by atoms with E-state index in [9.17, 15) is 4.79 Å². The predicted molar refractivity (Wildman–Crippen MR) is 87.4 cm³/mol. The Morgan fingerprint density at radius 1 is 1.43 bits per heavy atom. The first-order valence-electron chi connectivity index (χ1n) is 7.44. The molecule has 2 amide bonds. The zero-order chi connectivity index (χ0) is 16.7. The van der Waals surface area contributed by atoms with E-state index in [1.54, 1.807) is 0 Å². The third kappa shape index (κ3) is 4.48. The van der Waals surface area contributed by atoms with Crippen LogP contribution in [-0.2, 0) is 6.42 Å². The van der Waals surface area contributed by atoms with Gasteiger partial charge in [-0.2, -0.15) is 10.4 Å². The van der Waals surface area contributed by atoms with Gasteiger partial charge in [-0.15, -0.1) is 0 Å². The Bertz CT molecular complexity index is 688. The number of aryl methyl sites for hydroxylation is 1. The molecule has 0 saturated heterocycles. The molecular formula is C16H20N6O. The Labute approximate surface area is 134 Å². The van der Waals surface area contributed by atoms with Crippen molar-refractivity contribution in [1.82, 2.24) is 20.8 Å². The van der Waals surface area contributed by atoms with E-state index in [4.69, 9.17) is 11.0 Å². The summed E-state index contributed by atoms with van der Waals surface area (Å²) in [6.07, 6.45) is 1.28. The van der Waals surface area contributed by atoms with Crippen LogP contribution >= 0.6 is 0 Å². The van der Waals surface area contributed by atoms with Crippen LogP contribution in [0.4, 0.5) is 10.6 Å². The van der Waals surface area contributed by atoms with Gasteiger partial charge in [0.2, 0.25) is 0 Å². The van der Waals surface area contributed by atoms with Gasteiger partial charge in [0.25, 0.3) is 0 Å². The molecule has 1 atom stereocenters. The normalized spacial score (nSPS) is 11.5. The summed E-state index contributed by atoms with van der Waals surface area (Å²) in [5, 5.41) is 21.2. The van der Waals surface area contributed by atoms with Gasteiger partial charge in [0.1, 0.15) is 11.6 Å². The molecule has 0 unspecified atom stereocenters. The summed E-state index contributed by atoms with van der Waals surface area (Å²) in [5.74, 6) is 0.213. The zero-order valence-electron chi connectivity index (χ0n) is 13.0. The molecule has 0 aliphatic carbocycles. The van der Waals surface area contributed by atoms with Crippen molar-refractivity contribution in [1.29, 1.82) is 5.26 Å². The van der Waals surface area contributed by atoms with Gasteiger partial charge in [0.15, 0.2) is 5.82 Å². The minimum atomic E-state index is -0.217. The quantitative estimate of drug-likeness (QED) is 0.608. The standard InChI is InChI=1S/C16H20N6O/c1-11(12-6-3-2-4-7-12)20-16(23)19-9-5-8-14-13(10-17)15(18)22-21-14/h2-4,6-7,11H,5,8-9H2,1H3,(H3,18,21,22)(H2,19,20,23)/t11-/m0/s1. The van der Waals surface area contributed by atoms with Gasteiger partial charge in [0, 0.05) is 6.54 Å². The molecule has 0 spiro atoms. The second kappa shape index (κ2) is 7.84. The number of nitrogens with one attached hydrogen (secondary N) is 3. The van der Waals surface area contributed by atoms with Crippen molar-refractivity contribution in [2.45, 2.75) is 25.8 Å². The maximum Gasteiger partial charge on any atom is 0.315 e.